The fraction of sp³-hybridized carbons (Fsp3) is 0. The fourth-order valence-electron chi connectivity index (χ4n) is 0. The minimum atomic E-state index is -0.583. The molecule has 4 heteroatoms. The second-order valence-corrected chi connectivity index (χ2v) is 5.01. The third kappa shape index (κ3) is 9.78. The van der Waals surface area contributed by atoms with Gasteiger partial charge >= 0.3 is 34.6 Å². The molecular formula is HS3W-. The number of hydrogen-bond acceptors (Lipinski definition) is 3. The predicted molar refractivity (Wildman–Crippen MR) is 23.9 cm³/mol. The van der Waals surface area contributed by atoms with E-state index >= 15 is 0 Å². The molecule has 0 N–H and O–H groups in total. The van der Waals surface area contributed by atoms with Crippen LogP contribution in [0.2, 0.25) is 0 Å². The first-order valence-electron chi connectivity index (χ1n) is 0.333. The SMILES string of the molecule is [SH-].[S]=[W]=[S]. The van der Waals surface area contributed by atoms with Crippen LogP contribution in [0.25, 0.3) is 0 Å². The molecular weight excluding hydrogens is 280 g/mol. The molecule has 0 amide bonds. The van der Waals surface area contributed by atoms with Gasteiger partial charge in [-0.3, -0.25) is 0 Å². The van der Waals surface area contributed by atoms with E-state index in [4.69, 9.17) is 0 Å². The summed E-state index contributed by atoms with van der Waals surface area (Å²) in [6, 6.07) is 0. The summed E-state index contributed by atoms with van der Waals surface area (Å²) < 4.78 is 0. The van der Waals surface area contributed by atoms with Crippen LogP contribution in [0.4, 0.5) is 0 Å². The Balaban J connectivity index is 0. The topological polar surface area (TPSA) is 0 Å². The Morgan fingerprint density at radius 2 is 1.25 bits per heavy atom. The fourth-order valence-corrected chi connectivity index (χ4v) is 0. The quantitative estimate of drug-likeness (QED) is 0.481. The van der Waals surface area contributed by atoms with Gasteiger partial charge in [-0.15, -0.1) is 0 Å². The van der Waals surface area contributed by atoms with Crippen molar-refractivity contribution in [1.29, 1.82) is 0 Å². The predicted octanol–water partition coefficient (Wildman–Crippen LogP) is 1.02. The third-order valence-corrected chi connectivity index (χ3v) is 0. The van der Waals surface area contributed by atoms with Crippen LogP contribution in [0.3, 0.4) is 0 Å². The summed E-state index contributed by atoms with van der Waals surface area (Å²) in [5.74, 6) is 0. The summed E-state index contributed by atoms with van der Waals surface area (Å²) in [5, 5.41) is 0. The molecule has 0 atom stereocenters. The first-order chi connectivity index (χ1) is 1.41. The van der Waals surface area contributed by atoms with Gasteiger partial charge in [0.2, 0.25) is 0 Å². The molecule has 26 valence electrons. The Hall–Kier alpha value is 1.48. The Kier molecular flexibility index (Phi) is 20.0. The molecule has 0 aromatic heterocycles. The van der Waals surface area contributed by atoms with Crippen molar-refractivity contribution in [1.82, 2.24) is 0 Å². The first kappa shape index (κ1) is 9.08. The van der Waals surface area contributed by atoms with Gasteiger partial charge in [-0.1, -0.05) is 0 Å². The van der Waals surface area contributed by atoms with E-state index in [0.717, 1.165) is 0 Å². The summed E-state index contributed by atoms with van der Waals surface area (Å²) >= 11 is -0.583. The van der Waals surface area contributed by atoms with Gasteiger partial charge in [0.1, 0.15) is 0 Å². The zero-order chi connectivity index (χ0) is 2.71. The van der Waals surface area contributed by atoms with E-state index < -0.39 is 14.9 Å². The van der Waals surface area contributed by atoms with Crippen molar-refractivity contribution >= 4 is 33.1 Å². The zero-order valence-corrected chi connectivity index (χ0v) is 7.13. The van der Waals surface area contributed by atoms with Crippen molar-refractivity contribution in [3.8, 4) is 0 Å². The van der Waals surface area contributed by atoms with Gasteiger partial charge in [-0.05, 0) is 0 Å². The van der Waals surface area contributed by atoms with Gasteiger partial charge < -0.3 is 13.5 Å². The van der Waals surface area contributed by atoms with E-state index in [1.54, 1.807) is 0 Å². The van der Waals surface area contributed by atoms with E-state index in [1.807, 2.05) is 0 Å². The van der Waals surface area contributed by atoms with Crippen LogP contribution in [0.1, 0.15) is 0 Å². The molecule has 0 aliphatic rings. The second kappa shape index (κ2) is 8.82. The molecule has 0 aliphatic carbocycles. The number of rotatable bonds is 0. The molecule has 0 bridgehead atoms. The Morgan fingerprint density at radius 1 is 1.25 bits per heavy atom. The maximum absolute atomic E-state index is 4.38. The van der Waals surface area contributed by atoms with E-state index in [0.29, 0.717) is 0 Å². The average molecular weight is 281 g/mol. The molecule has 4 heavy (non-hydrogen) atoms. The summed E-state index contributed by atoms with van der Waals surface area (Å²) in [6.07, 6.45) is 0. The van der Waals surface area contributed by atoms with E-state index in [-0.39, 0.29) is 13.5 Å². The van der Waals surface area contributed by atoms with Crippen LogP contribution in [0, 0.1) is 0 Å². The monoisotopic (exact) mass is 281 g/mol. The first-order valence-corrected chi connectivity index (χ1v) is 8.19. The summed E-state index contributed by atoms with van der Waals surface area (Å²) in [5.41, 5.74) is 0. The standard InChI is InChI=1S/H2S.2S.W/h1H2;;;/p-1. The van der Waals surface area contributed by atoms with E-state index in [1.165, 1.54) is 0 Å². The Labute approximate surface area is 47.8 Å². The van der Waals surface area contributed by atoms with Crippen molar-refractivity contribution in [2.24, 2.45) is 0 Å². The molecule has 0 aromatic rings. The third-order valence-electron chi connectivity index (χ3n) is 0. The van der Waals surface area contributed by atoms with Gasteiger partial charge in [0.15, 0.2) is 0 Å². The van der Waals surface area contributed by atoms with Crippen LogP contribution in [-0.2, 0) is 28.4 Å². The molecule has 0 heterocycles. The van der Waals surface area contributed by atoms with Crippen LogP contribution in [0.5, 0.6) is 0 Å². The van der Waals surface area contributed by atoms with Gasteiger partial charge in [-0.2, -0.15) is 0 Å². The van der Waals surface area contributed by atoms with Crippen molar-refractivity contribution in [2.45, 2.75) is 0 Å². The van der Waals surface area contributed by atoms with Crippen molar-refractivity contribution in [3.63, 3.8) is 0 Å². The van der Waals surface area contributed by atoms with Crippen LogP contribution in [-0.4, -0.2) is 0 Å². The van der Waals surface area contributed by atoms with E-state index in [2.05, 4.69) is 19.6 Å². The van der Waals surface area contributed by atoms with Crippen LogP contribution >= 0.6 is 19.6 Å². The molecule has 0 nitrogen and oxygen atoms in total. The molecule has 0 fully saturated rings. The minimum absolute atomic E-state index is 0. The van der Waals surface area contributed by atoms with E-state index in [9.17, 15) is 0 Å². The molecule has 0 saturated carbocycles. The van der Waals surface area contributed by atoms with Gasteiger partial charge in [0.25, 0.3) is 0 Å². The van der Waals surface area contributed by atoms with Crippen LogP contribution < -0.4 is 0 Å². The summed E-state index contributed by atoms with van der Waals surface area (Å²) in [6.45, 7) is 0. The van der Waals surface area contributed by atoms with Gasteiger partial charge in [-0.25, -0.2) is 0 Å². The van der Waals surface area contributed by atoms with Gasteiger partial charge in [0, 0.05) is 0 Å². The second-order valence-electron chi connectivity index (χ2n) is 0.0680. The van der Waals surface area contributed by atoms with Crippen LogP contribution in [0.15, 0.2) is 0 Å². The average Bonchev–Trinajstić information content (AvgIpc) is 0.918. The molecule has 0 radical (unpaired) electrons. The normalized spacial score (nSPS) is 3.00. The zero-order valence-electron chi connectivity index (χ0n) is 1.67. The molecule has 0 spiro atoms. The maximum atomic E-state index is 4.38. The summed E-state index contributed by atoms with van der Waals surface area (Å²) in [7, 11) is 8.75. The number of thiol groups is 1. The molecule has 0 aliphatic heterocycles. The molecule has 0 saturated heterocycles. The number of hydrogen-bond donors (Lipinski definition) is 0. The summed E-state index contributed by atoms with van der Waals surface area (Å²) in [4.78, 5) is 0. The van der Waals surface area contributed by atoms with Crippen molar-refractivity contribution < 1.29 is 14.9 Å². The Morgan fingerprint density at radius 3 is 1.25 bits per heavy atom. The molecule has 0 rings (SSSR count). The molecule has 0 aromatic carbocycles. The Bertz CT molecular complexity index is 24.3. The van der Waals surface area contributed by atoms with Crippen molar-refractivity contribution in [3.05, 3.63) is 0 Å². The molecule has 0 unspecified atom stereocenters. The van der Waals surface area contributed by atoms with Gasteiger partial charge in [0.05, 0.1) is 0 Å². The van der Waals surface area contributed by atoms with Crippen molar-refractivity contribution in [2.75, 3.05) is 0 Å².